The molecule has 0 bridgehead atoms. The van der Waals surface area contributed by atoms with Crippen molar-refractivity contribution in [3.8, 4) is 0 Å². The lowest BCUT2D eigenvalue weighted by Crippen LogP contribution is -2.73. The average Bonchev–Trinajstić information content (AvgIpc) is 2.70. The van der Waals surface area contributed by atoms with Gasteiger partial charge in [0.05, 0.1) is 6.61 Å². The Morgan fingerprint density at radius 1 is 0.946 bits per heavy atom. The van der Waals surface area contributed by atoms with E-state index >= 15 is 0 Å². The van der Waals surface area contributed by atoms with Gasteiger partial charge in [0.2, 0.25) is 7.59 Å². The molecule has 1 N–H and O–H groups in total. The van der Waals surface area contributed by atoms with Gasteiger partial charge in [-0.25, -0.2) is 9.59 Å². The third-order valence-corrected chi connectivity index (χ3v) is 12.2. The summed E-state index contributed by atoms with van der Waals surface area (Å²) in [6.07, 6.45) is -4.74. The maximum atomic E-state index is 12.6. The molecule has 0 unspecified atom stereocenters. The largest absolute Gasteiger partial charge is 0.508 e. The Bertz CT molecular complexity index is 818. The molecule has 9 nitrogen and oxygen atoms in total. The summed E-state index contributed by atoms with van der Waals surface area (Å²) >= 11 is 37.5. The van der Waals surface area contributed by atoms with Crippen molar-refractivity contribution in [1.29, 1.82) is 0 Å². The Balaban J connectivity index is 2.40. The minimum absolute atomic E-state index is 0.168. The number of rotatable bonds is 4. The number of fused-ring (bicyclic) bond motifs is 1. The molecule has 0 spiro atoms. The van der Waals surface area contributed by atoms with E-state index in [4.69, 9.17) is 97.4 Å². The summed E-state index contributed by atoms with van der Waals surface area (Å²) in [5.74, 6) is 0. The minimum atomic E-state index is -3.05. The first-order valence-corrected chi connectivity index (χ1v) is 16.1. The van der Waals surface area contributed by atoms with E-state index in [1.54, 1.807) is 0 Å². The van der Waals surface area contributed by atoms with Gasteiger partial charge in [-0.15, -0.1) is 0 Å². The number of hydrogen-bond acceptors (Lipinski definition) is 8. The van der Waals surface area contributed by atoms with Gasteiger partial charge in [-0.2, -0.15) is 0 Å². The van der Waals surface area contributed by atoms with E-state index in [-0.39, 0.29) is 6.61 Å². The van der Waals surface area contributed by atoms with Crippen LogP contribution in [0.4, 0.5) is 9.59 Å². The molecule has 1 amide bonds. The van der Waals surface area contributed by atoms with Crippen molar-refractivity contribution in [3.05, 3.63) is 0 Å². The summed E-state index contributed by atoms with van der Waals surface area (Å²) in [5.41, 5.74) is 0. The molecule has 0 radical (unpaired) electrons. The zero-order valence-electron chi connectivity index (χ0n) is 20.9. The first kappa shape index (κ1) is 34.1. The SMILES string of the molecule is CC(C)(C)[Si]1(C(C)(C)C)OC[C@H]2O[C@H](Br)[C@H](NC(=O)OCC(Cl)(Cl)Cl)[C@@H](OC(=O)OCC(Cl)(Cl)Cl)[C@H]2O1. The highest BCUT2D eigenvalue weighted by Crippen LogP contribution is 2.55. The molecule has 2 rings (SSSR count). The van der Waals surface area contributed by atoms with Crippen molar-refractivity contribution >= 4 is 106 Å². The van der Waals surface area contributed by atoms with Crippen molar-refractivity contribution in [2.24, 2.45) is 0 Å². The second-order valence-corrected chi connectivity index (χ2v) is 21.3. The Morgan fingerprint density at radius 3 is 1.95 bits per heavy atom. The Hall–Kier alpha value is 0.857. The van der Waals surface area contributed by atoms with Gasteiger partial charge in [-0.1, -0.05) is 127 Å². The Labute approximate surface area is 256 Å². The maximum Gasteiger partial charge on any atom is 0.508 e. The van der Waals surface area contributed by atoms with Crippen LogP contribution in [-0.2, 0) is 27.8 Å². The number of nitrogens with one attached hydrogen (secondary N) is 1. The normalized spacial score (nSPS) is 28.6. The van der Waals surface area contributed by atoms with Crippen LogP contribution in [0.15, 0.2) is 0 Å². The number of carbonyl (C=O) groups is 2. The molecule has 2 heterocycles. The molecule has 2 aliphatic heterocycles. The number of amides is 1. The molecule has 2 fully saturated rings. The molecule has 37 heavy (non-hydrogen) atoms. The highest BCUT2D eigenvalue weighted by Gasteiger charge is 2.65. The molecule has 0 saturated carbocycles. The standard InChI is InChI=1S/C20H30BrCl6NO8Si/c1-17(2,3)37(18(4,5)6)33-7-10-12(36-37)13(35-16(30)32-9-20(25,26)27)11(14(21)34-10)28-15(29)31-8-19(22,23)24/h10-14H,7-9H2,1-6H3,(H,28,29)/t10-,11-,12+,13-,14+/m1/s1. The summed E-state index contributed by atoms with van der Waals surface area (Å²) in [5, 5.41) is 0.937. The van der Waals surface area contributed by atoms with Gasteiger partial charge >= 0.3 is 20.8 Å². The first-order valence-electron chi connectivity index (χ1n) is 11.1. The van der Waals surface area contributed by atoms with Crippen LogP contribution in [0.25, 0.3) is 0 Å². The van der Waals surface area contributed by atoms with E-state index in [1.165, 1.54) is 0 Å². The van der Waals surface area contributed by atoms with Gasteiger partial charge in [-0.3, -0.25) is 0 Å². The summed E-state index contributed by atoms with van der Waals surface area (Å²) in [6, 6.07) is -1.02. The van der Waals surface area contributed by atoms with E-state index in [0.717, 1.165) is 0 Å². The maximum absolute atomic E-state index is 12.6. The summed E-state index contributed by atoms with van der Waals surface area (Å²) in [6.45, 7) is 11.2. The quantitative estimate of drug-likeness (QED) is 0.189. The van der Waals surface area contributed by atoms with Crippen molar-refractivity contribution < 1.29 is 37.4 Å². The van der Waals surface area contributed by atoms with Crippen LogP contribution in [0, 0.1) is 0 Å². The van der Waals surface area contributed by atoms with E-state index in [1.807, 2.05) is 41.5 Å². The molecule has 216 valence electrons. The number of hydrogen-bond donors (Lipinski definition) is 1. The van der Waals surface area contributed by atoms with Gasteiger partial charge in [0, 0.05) is 10.1 Å². The number of halogens is 7. The van der Waals surface area contributed by atoms with Crippen molar-refractivity contribution in [3.63, 3.8) is 0 Å². The van der Waals surface area contributed by atoms with E-state index in [9.17, 15) is 9.59 Å². The fourth-order valence-corrected chi connectivity index (χ4v) is 10.4. The Morgan fingerprint density at radius 2 is 1.46 bits per heavy atom. The highest BCUT2D eigenvalue weighted by atomic mass is 79.9. The third-order valence-electron chi connectivity index (χ3n) is 5.60. The van der Waals surface area contributed by atoms with Crippen LogP contribution < -0.4 is 5.32 Å². The summed E-state index contributed by atoms with van der Waals surface area (Å²) in [4.78, 5) is 25.2. The average molecular weight is 733 g/mol. The number of alkyl carbamates (subject to hydrolysis) is 1. The molecular weight excluding hydrogens is 703 g/mol. The van der Waals surface area contributed by atoms with Crippen LogP contribution >= 0.6 is 85.5 Å². The van der Waals surface area contributed by atoms with Gasteiger partial charge < -0.3 is 33.1 Å². The highest BCUT2D eigenvalue weighted by molar-refractivity contribution is 9.09. The van der Waals surface area contributed by atoms with Crippen molar-refractivity contribution in [2.75, 3.05) is 19.8 Å². The molecular formula is C20H30BrCl6NO8Si. The third kappa shape index (κ3) is 9.18. The molecule has 2 aliphatic rings. The molecule has 0 aromatic rings. The van der Waals surface area contributed by atoms with Gasteiger partial charge in [0.15, 0.2) is 6.10 Å². The predicted molar refractivity (Wildman–Crippen MR) is 149 cm³/mol. The molecule has 17 heteroatoms. The van der Waals surface area contributed by atoms with Crippen LogP contribution in [0.2, 0.25) is 10.1 Å². The van der Waals surface area contributed by atoms with E-state index in [2.05, 4.69) is 21.2 Å². The minimum Gasteiger partial charge on any atom is -0.445 e. The van der Waals surface area contributed by atoms with Gasteiger partial charge in [0.25, 0.3) is 0 Å². The lowest BCUT2D eigenvalue weighted by atomic mass is 9.98. The van der Waals surface area contributed by atoms with Crippen LogP contribution in [-0.4, -0.2) is 77.6 Å². The van der Waals surface area contributed by atoms with E-state index < -0.39 is 81.1 Å². The molecule has 5 atom stereocenters. The zero-order valence-corrected chi connectivity index (χ0v) is 28.0. The van der Waals surface area contributed by atoms with Crippen molar-refractivity contribution in [1.82, 2.24) is 5.32 Å². The van der Waals surface area contributed by atoms with Crippen LogP contribution in [0.5, 0.6) is 0 Å². The van der Waals surface area contributed by atoms with E-state index in [0.29, 0.717) is 0 Å². The van der Waals surface area contributed by atoms with Gasteiger partial charge in [0.1, 0.15) is 36.5 Å². The van der Waals surface area contributed by atoms with Crippen LogP contribution in [0.3, 0.4) is 0 Å². The lowest BCUT2D eigenvalue weighted by Gasteiger charge is -2.57. The predicted octanol–water partition coefficient (Wildman–Crippen LogP) is 6.92. The molecule has 2 saturated heterocycles. The smallest absolute Gasteiger partial charge is 0.445 e. The fraction of sp³-hybridized carbons (Fsp3) is 0.900. The second-order valence-electron chi connectivity index (χ2n) is 10.6. The molecule has 0 aliphatic carbocycles. The molecule has 0 aromatic heterocycles. The number of carbonyl (C=O) groups excluding carboxylic acids is 2. The topological polar surface area (TPSA) is 102 Å². The summed E-state index contributed by atoms with van der Waals surface area (Å²) in [7, 11) is -3.05. The fourth-order valence-electron chi connectivity index (χ4n) is 4.41. The Kier molecular flexibility index (Phi) is 11.4. The number of alkyl halides is 7. The monoisotopic (exact) mass is 729 g/mol. The van der Waals surface area contributed by atoms with Crippen molar-refractivity contribution in [2.45, 2.75) is 88.6 Å². The van der Waals surface area contributed by atoms with Crippen LogP contribution in [0.1, 0.15) is 41.5 Å². The molecule has 0 aromatic carbocycles. The second kappa shape index (κ2) is 12.4. The first-order chi connectivity index (χ1) is 16.6. The zero-order chi connectivity index (χ0) is 28.6. The number of ether oxygens (including phenoxy) is 4. The summed E-state index contributed by atoms with van der Waals surface area (Å²) < 4.78 is 31.1. The van der Waals surface area contributed by atoms with Gasteiger partial charge in [-0.05, 0) is 0 Å². The lowest BCUT2D eigenvalue weighted by molar-refractivity contribution is -0.196.